The van der Waals surface area contributed by atoms with Gasteiger partial charge in [0.25, 0.3) is 5.91 Å². The van der Waals surface area contributed by atoms with Crippen molar-refractivity contribution in [2.24, 2.45) is 7.05 Å². The van der Waals surface area contributed by atoms with Crippen LogP contribution in [0.15, 0.2) is 28.8 Å². The van der Waals surface area contributed by atoms with E-state index in [1.165, 1.54) is 10.2 Å². The molecule has 0 aliphatic carbocycles. The van der Waals surface area contributed by atoms with E-state index < -0.39 is 0 Å². The molecule has 2 aromatic heterocycles. The highest BCUT2D eigenvalue weighted by Crippen LogP contribution is 2.22. The first-order chi connectivity index (χ1) is 11.0. The van der Waals surface area contributed by atoms with Gasteiger partial charge in [-0.05, 0) is 49.6 Å². The number of aryl methyl sites for hydroxylation is 4. The van der Waals surface area contributed by atoms with Gasteiger partial charge in [-0.1, -0.05) is 11.2 Å². The zero-order chi connectivity index (χ0) is 16.6. The van der Waals surface area contributed by atoms with Crippen LogP contribution in [-0.2, 0) is 7.05 Å². The molecule has 3 aromatic rings. The van der Waals surface area contributed by atoms with Crippen LogP contribution in [0.5, 0.6) is 0 Å². The summed E-state index contributed by atoms with van der Waals surface area (Å²) < 4.78 is 7.03. The van der Waals surface area contributed by atoms with Gasteiger partial charge in [-0.2, -0.15) is 5.10 Å². The molecule has 23 heavy (non-hydrogen) atoms. The standard InChI is InChI=1S/C16H17N5O2/c1-9-5-6-12(7-10(9)2)15-19-20-16(23-15)18-14(22)13-11(3)8-17-21(13)4/h5-8H,1-4H3,(H,18,20,22). The molecule has 1 N–H and O–H groups in total. The van der Waals surface area contributed by atoms with Crippen LogP contribution in [0.1, 0.15) is 27.2 Å². The molecule has 0 saturated carbocycles. The Labute approximate surface area is 133 Å². The summed E-state index contributed by atoms with van der Waals surface area (Å²) >= 11 is 0. The predicted molar refractivity (Wildman–Crippen MR) is 85.1 cm³/mol. The minimum absolute atomic E-state index is 0.0591. The quantitative estimate of drug-likeness (QED) is 0.803. The molecule has 0 radical (unpaired) electrons. The van der Waals surface area contributed by atoms with Crippen molar-refractivity contribution in [3.05, 3.63) is 46.8 Å². The van der Waals surface area contributed by atoms with Gasteiger partial charge < -0.3 is 4.42 Å². The van der Waals surface area contributed by atoms with Gasteiger partial charge in [-0.15, -0.1) is 5.10 Å². The molecule has 0 saturated heterocycles. The molecule has 7 nitrogen and oxygen atoms in total. The fraction of sp³-hybridized carbons (Fsp3) is 0.250. The summed E-state index contributed by atoms with van der Waals surface area (Å²) in [5.41, 5.74) is 4.37. The lowest BCUT2D eigenvalue weighted by Crippen LogP contribution is -2.17. The molecule has 1 amide bonds. The molecule has 0 fully saturated rings. The van der Waals surface area contributed by atoms with Crippen LogP contribution in [0, 0.1) is 20.8 Å². The Morgan fingerprint density at radius 1 is 1.13 bits per heavy atom. The highest BCUT2D eigenvalue weighted by atomic mass is 16.4. The molecule has 118 valence electrons. The minimum Gasteiger partial charge on any atom is -0.403 e. The van der Waals surface area contributed by atoms with E-state index in [9.17, 15) is 4.79 Å². The number of carbonyl (C=O) groups excluding carboxylic acids is 1. The Morgan fingerprint density at radius 3 is 2.57 bits per heavy atom. The molecule has 0 aliphatic rings. The van der Waals surface area contributed by atoms with E-state index >= 15 is 0 Å². The first kappa shape index (κ1) is 15.0. The molecule has 0 bridgehead atoms. The fourth-order valence-electron chi connectivity index (χ4n) is 2.29. The lowest BCUT2D eigenvalue weighted by atomic mass is 10.1. The van der Waals surface area contributed by atoms with Gasteiger partial charge in [0.05, 0.1) is 6.20 Å². The van der Waals surface area contributed by atoms with Crippen molar-refractivity contribution in [3.8, 4) is 11.5 Å². The maximum absolute atomic E-state index is 12.3. The number of hydrogen-bond donors (Lipinski definition) is 1. The lowest BCUT2D eigenvalue weighted by Gasteiger charge is -2.02. The number of benzene rings is 1. The maximum atomic E-state index is 12.3. The summed E-state index contributed by atoms with van der Waals surface area (Å²) in [5, 5.41) is 14.5. The van der Waals surface area contributed by atoms with Gasteiger partial charge in [0.2, 0.25) is 5.89 Å². The van der Waals surface area contributed by atoms with E-state index in [0.717, 1.165) is 16.7 Å². The van der Waals surface area contributed by atoms with Crippen molar-refractivity contribution in [3.63, 3.8) is 0 Å². The van der Waals surface area contributed by atoms with Crippen molar-refractivity contribution >= 4 is 11.9 Å². The second-order valence-electron chi connectivity index (χ2n) is 5.47. The third-order valence-electron chi connectivity index (χ3n) is 3.74. The van der Waals surface area contributed by atoms with Crippen LogP contribution in [-0.4, -0.2) is 25.9 Å². The number of nitrogens with zero attached hydrogens (tertiary/aromatic N) is 4. The summed E-state index contributed by atoms with van der Waals surface area (Å²) in [5.74, 6) is 0.0305. The third kappa shape index (κ3) is 2.85. The minimum atomic E-state index is -0.335. The highest BCUT2D eigenvalue weighted by molar-refractivity contribution is 6.02. The third-order valence-corrected chi connectivity index (χ3v) is 3.74. The normalized spacial score (nSPS) is 10.8. The van der Waals surface area contributed by atoms with Crippen molar-refractivity contribution < 1.29 is 9.21 Å². The molecular weight excluding hydrogens is 294 g/mol. The monoisotopic (exact) mass is 311 g/mol. The van der Waals surface area contributed by atoms with E-state index in [4.69, 9.17) is 4.42 Å². The van der Waals surface area contributed by atoms with E-state index in [-0.39, 0.29) is 11.9 Å². The van der Waals surface area contributed by atoms with Crippen LogP contribution >= 0.6 is 0 Å². The van der Waals surface area contributed by atoms with Gasteiger partial charge in [-0.25, -0.2) is 0 Å². The molecule has 3 rings (SSSR count). The Bertz CT molecular complexity index is 859. The van der Waals surface area contributed by atoms with Gasteiger partial charge in [0.15, 0.2) is 0 Å². The number of anilines is 1. The van der Waals surface area contributed by atoms with Crippen molar-refractivity contribution in [2.75, 3.05) is 5.32 Å². The summed E-state index contributed by atoms with van der Waals surface area (Å²) in [6.45, 7) is 5.87. The van der Waals surface area contributed by atoms with E-state index in [2.05, 4.69) is 20.6 Å². The zero-order valence-electron chi connectivity index (χ0n) is 13.4. The number of carbonyl (C=O) groups is 1. The smallest absolute Gasteiger partial charge is 0.322 e. The first-order valence-corrected chi connectivity index (χ1v) is 7.17. The Hall–Kier alpha value is -2.96. The second-order valence-corrected chi connectivity index (χ2v) is 5.47. The van der Waals surface area contributed by atoms with Crippen molar-refractivity contribution in [1.29, 1.82) is 0 Å². The summed E-state index contributed by atoms with van der Waals surface area (Å²) in [6, 6.07) is 5.93. The van der Waals surface area contributed by atoms with E-state index in [1.54, 1.807) is 13.2 Å². The van der Waals surface area contributed by atoms with Crippen LogP contribution < -0.4 is 5.32 Å². The Morgan fingerprint density at radius 2 is 1.91 bits per heavy atom. The Balaban J connectivity index is 1.82. The Kier molecular flexibility index (Phi) is 3.69. The van der Waals surface area contributed by atoms with E-state index in [1.807, 2.05) is 39.0 Å². The number of nitrogens with one attached hydrogen (secondary N) is 1. The highest BCUT2D eigenvalue weighted by Gasteiger charge is 2.17. The topological polar surface area (TPSA) is 85.8 Å². The lowest BCUT2D eigenvalue weighted by molar-refractivity contribution is 0.101. The fourth-order valence-corrected chi connectivity index (χ4v) is 2.29. The first-order valence-electron chi connectivity index (χ1n) is 7.17. The van der Waals surface area contributed by atoms with Crippen LogP contribution in [0.4, 0.5) is 6.01 Å². The summed E-state index contributed by atoms with van der Waals surface area (Å²) in [7, 11) is 1.70. The largest absolute Gasteiger partial charge is 0.403 e. The van der Waals surface area contributed by atoms with Crippen LogP contribution in [0.3, 0.4) is 0 Å². The molecular formula is C16H17N5O2. The maximum Gasteiger partial charge on any atom is 0.322 e. The van der Waals surface area contributed by atoms with Crippen molar-refractivity contribution in [2.45, 2.75) is 20.8 Å². The molecule has 0 aliphatic heterocycles. The molecule has 2 heterocycles. The molecule has 0 spiro atoms. The number of aromatic nitrogens is 4. The van der Waals surface area contributed by atoms with Crippen molar-refractivity contribution in [1.82, 2.24) is 20.0 Å². The number of rotatable bonds is 3. The average Bonchev–Trinajstić information content (AvgIpc) is 3.09. The zero-order valence-corrected chi connectivity index (χ0v) is 13.4. The molecule has 0 atom stereocenters. The van der Waals surface area contributed by atoms with E-state index in [0.29, 0.717) is 11.6 Å². The number of hydrogen-bond acceptors (Lipinski definition) is 5. The van der Waals surface area contributed by atoms with Gasteiger partial charge >= 0.3 is 6.01 Å². The van der Waals surface area contributed by atoms with Gasteiger partial charge in [0.1, 0.15) is 5.69 Å². The predicted octanol–water partition coefficient (Wildman–Crippen LogP) is 2.65. The summed E-state index contributed by atoms with van der Waals surface area (Å²) in [6.07, 6.45) is 1.63. The van der Waals surface area contributed by atoms with Crippen LogP contribution in [0.25, 0.3) is 11.5 Å². The molecule has 0 unspecified atom stereocenters. The second kappa shape index (κ2) is 5.68. The number of amides is 1. The SMILES string of the molecule is Cc1ccc(-c2nnc(NC(=O)c3c(C)cnn3C)o2)cc1C. The van der Waals surface area contributed by atoms with Gasteiger partial charge in [-0.3, -0.25) is 14.8 Å². The van der Waals surface area contributed by atoms with Crippen LogP contribution in [0.2, 0.25) is 0 Å². The van der Waals surface area contributed by atoms with Gasteiger partial charge in [0, 0.05) is 12.6 Å². The average molecular weight is 311 g/mol. The molecule has 7 heteroatoms. The summed E-state index contributed by atoms with van der Waals surface area (Å²) in [4.78, 5) is 12.3. The molecule has 1 aromatic carbocycles.